The minimum absolute atomic E-state index is 0.0374. The lowest BCUT2D eigenvalue weighted by Crippen LogP contribution is -2.70. The Kier molecular flexibility index (Phi) is 8.53. The third kappa shape index (κ3) is 4.40. The van der Waals surface area contributed by atoms with Crippen molar-refractivity contribution in [2.24, 2.45) is 28.6 Å². The Hall–Kier alpha value is -2.35. The molecular weight excluding hydrogens is 515 g/mol. The molecular formula is C32H45FO7. The van der Waals surface area contributed by atoms with Gasteiger partial charge >= 0.3 is 11.9 Å². The molecule has 222 valence electrons. The van der Waals surface area contributed by atoms with Crippen LogP contribution in [0.3, 0.4) is 0 Å². The molecule has 4 aliphatic rings. The zero-order valence-electron chi connectivity index (χ0n) is 24.6. The van der Waals surface area contributed by atoms with Crippen LogP contribution in [0.2, 0.25) is 0 Å². The predicted molar refractivity (Wildman–Crippen MR) is 147 cm³/mol. The van der Waals surface area contributed by atoms with Crippen LogP contribution in [-0.4, -0.2) is 52.6 Å². The molecule has 1 N–H and O–H groups in total. The van der Waals surface area contributed by atoms with Gasteiger partial charge in [-0.25, -0.2) is 4.39 Å². The summed E-state index contributed by atoms with van der Waals surface area (Å²) in [6.45, 7) is 8.56. The zero-order chi connectivity index (χ0) is 29.5. The highest BCUT2D eigenvalue weighted by atomic mass is 19.1. The Morgan fingerprint density at radius 1 is 1.07 bits per heavy atom. The maximum absolute atomic E-state index is 18.2. The van der Waals surface area contributed by atoms with Gasteiger partial charge in [-0.1, -0.05) is 52.2 Å². The van der Waals surface area contributed by atoms with Crippen molar-refractivity contribution < 1.29 is 38.1 Å². The summed E-state index contributed by atoms with van der Waals surface area (Å²) in [7, 11) is 0. The van der Waals surface area contributed by atoms with E-state index in [1.54, 1.807) is 13.0 Å². The molecule has 40 heavy (non-hydrogen) atoms. The number of rotatable bonds is 10. The van der Waals surface area contributed by atoms with Gasteiger partial charge in [-0.05, 0) is 63.5 Å². The molecule has 0 aromatic carbocycles. The van der Waals surface area contributed by atoms with Crippen LogP contribution in [0, 0.1) is 28.6 Å². The molecule has 8 heteroatoms. The van der Waals surface area contributed by atoms with E-state index < -0.39 is 64.4 Å². The topological polar surface area (TPSA) is 107 Å². The summed E-state index contributed by atoms with van der Waals surface area (Å²) in [4.78, 5) is 52.1. The fraction of sp³-hybridized carbons (Fsp3) is 0.750. The number of fused-ring (bicyclic) bond motifs is 5. The Balaban J connectivity index is 1.86. The first-order valence-corrected chi connectivity index (χ1v) is 15.0. The molecule has 0 aliphatic heterocycles. The van der Waals surface area contributed by atoms with Crippen molar-refractivity contribution in [3.63, 3.8) is 0 Å². The molecule has 0 radical (unpaired) electrons. The van der Waals surface area contributed by atoms with Crippen LogP contribution in [0.15, 0.2) is 23.8 Å². The van der Waals surface area contributed by atoms with Gasteiger partial charge in [0.15, 0.2) is 17.1 Å². The van der Waals surface area contributed by atoms with E-state index in [4.69, 9.17) is 9.47 Å². The fourth-order valence-electron chi connectivity index (χ4n) is 8.70. The van der Waals surface area contributed by atoms with Crippen molar-refractivity contribution in [3.8, 4) is 0 Å². The normalized spacial score (nSPS) is 40.0. The minimum atomic E-state index is -2.04. The Morgan fingerprint density at radius 2 is 1.73 bits per heavy atom. The molecule has 0 spiro atoms. The average molecular weight is 561 g/mol. The summed E-state index contributed by atoms with van der Waals surface area (Å²) in [6.07, 6.45) is 7.62. The van der Waals surface area contributed by atoms with Gasteiger partial charge in [-0.3, -0.25) is 19.2 Å². The number of aliphatic hydroxyl groups excluding tert-OH is 1. The molecule has 3 fully saturated rings. The van der Waals surface area contributed by atoms with Gasteiger partial charge < -0.3 is 14.6 Å². The molecule has 0 unspecified atom stereocenters. The number of carbonyl (C=O) groups is 4. The first kappa shape index (κ1) is 30.6. The number of ketones is 2. The quantitative estimate of drug-likeness (QED) is 0.358. The summed E-state index contributed by atoms with van der Waals surface area (Å²) in [5.41, 5.74) is -5.26. The lowest BCUT2D eigenvalue weighted by molar-refractivity contribution is -0.236. The smallest absolute Gasteiger partial charge is 0.306 e. The second-order valence-electron chi connectivity index (χ2n) is 12.9. The largest absolute Gasteiger partial charge is 0.459 e. The summed E-state index contributed by atoms with van der Waals surface area (Å²) >= 11 is 0. The summed E-state index contributed by atoms with van der Waals surface area (Å²) in [5.74, 6) is -3.28. The highest BCUT2D eigenvalue weighted by Crippen LogP contribution is 2.72. The monoisotopic (exact) mass is 560 g/mol. The second-order valence-corrected chi connectivity index (χ2v) is 12.9. The van der Waals surface area contributed by atoms with Crippen molar-refractivity contribution in [2.45, 2.75) is 116 Å². The molecule has 7 nitrogen and oxygen atoms in total. The van der Waals surface area contributed by atoms with E-state index in [1.807, 2.05) is 27.7 Å². The molecule has 0 amide bonds. The number of alkyl halides is 1. The molecule has 0 bridgehead atoms. The van der Waals surface area contributed by atoms with Crippen LogP contribution >= 0.6 is 0 Å². The lowest BCUT2D eigenvalue weighted by Gasteiger charge is -2.63. The molecule has 4 rings (SSSR count). The highest BCUT2D eigenvalue weighted by molar-refractivity contribution is 6.01. The maximum atomic E-state index is 18.2. The fourth-order valence-corrected chi connectivity index (χ4v) is 8.70. The highest BCUT2D eigenvalue weighted by Gasteiger charge is 2.78. The number of aliphatic hydroxyl groups is 1. The number of unbranched alkanes of at least 4 members (excludes halogenated alkanes) is 2. The second kappa shape index (κ2) is 11.1. The van der Waals surface area contributed by atoms with Gasteiger partial charge in [-0.15, -0.1) is 0 Å². The van der Waals surface area contributed by atoms with Crippen molar-refractivity contribution in [1.29, 1.82) is 0 Å². The van der Waals surface area contributed by atoms with Crippen LogP contribution in [0.5, 0.6) is 0 Å². The van der Waals surface area contributed by atoms with Gasteiger partial charge in [0.05, 0.1) is 0 Å². The molecule has 8 atom stereocenters. The number of ether oxygens (including phenoxy) is 2. The average Bonchev–Trinajstić information content (AvgIpc) is 3.13. The molecule has 0 saturated heterocycles. The molecule has 0 heterocycles. The summed E-state index contributed by atoms with van der Waals surface area (Å²) < 4.78 is 30.3. The zero-order valence-corrected chi connectivity index (χ0v) is 24.6. The van der Waals surface area contributed by atoms with E-state index in [1.165, 1.54) is 12.2 Å². The SMILES string of the molecule is CCCCC(=O)O[C@H]1C[C@@]2(C)[C@@H](C[C@H](C)[C@]2(OC(=O)CCCC)C(=O)CO)[C@@H]2CCC3=CC(=O)C=C[C@]3(C)[C@@]12F. The Bertz CT molecular complexity index is 1110. The number of hydrogen-bond donors (Lipinski definition) is 1. The van der Waals surface area contributed by atoms with Crippen LogP contribution in [0.25, 0.3) is 0 Å². The first-order valence-electron chi connectivity index (χ1n) is 15.0. The van der Waals surface area contributed by atoms with E-state index >= 15 is 4.39 Å². The van der Waals surface area contributed by atoms with Gasteiger partial charge in [-0.2, -0.15) is 0 Å². The third-order valence-electron chi connectivity index (χ3n) is 10.7. The number of halogens is 1. The van der Waals surface area contributed by atoms with E-state index in [-0.39, 0.29) is 31.0 Å². The predicted octanol–water partition coefficient (Wildman–Crippen LogP) is 5.38. The van der Waals surface area contributed by atoms with Gasteiger partial charge in [0.1, 0.15) is 12.7 Å². The summed E-state index contributed by atoms with van der Waals surface area (Å²) in [6, 6.07) is 0. The van der Waals surface area contributed by atoms with E-state index in [2.05, 4.69) is 0 Å². The van der Waals surface area contributed by atoms with Gasteiger partial charge in [0.2, 0.25) is 5.78 Å². The van der Waals surface area contributed by atoms with Gasteiger partial charge in [0.25, 0.3) is 0 Å². The number of hydrogen-bond acceptors (Lipinski definition) is 7. The summed E-state index contributed by atoms with van der Waals surface area (Å²) in [5, 5.41) is 10.1. The van der Waals surface area contributed by atoms with Crippen LogP contribution in [-0.2, 0) is 28.7 Å². The van der Waals surface area contributed by atoms with E-state index in [0.29, 0.717) is 37.7 Å². The standard InChI is InChI=1S/C32H45FO7/c1-6-8-10-27(37)39-26-18-30(5)24(16-20(3)32(30,25(36)19-34)40-28(38)11-9-7-2)23-13-12-21-17-22(35)14-15-29(21,4)31(23,26)33/h14-15,17,20,23-24,26,34H,6-13,16,18-19H2,1-5H3/t20-,23-,24-,26-,29-,30-,31-,32-/m0/s1. The molecule has 0 aromatic heterocycles. The molecule has 0 aromatic rings. The third-order valence-corrected chi connectivity index (χ3v) is 10.7. The van der Waals surface area contributed by atoms with E-state index in [0.717, 1.165) is 12.8 Å². The Labute approximate surface area is 236 Å². The van der Waals surface area contributed by atoms with Crippen molar-refractivity contribution >= 4 is 23.5 Å². The van der Waals surface area contributed by atoms with Crippen molar-refractivity contribution in [1.82, 2.24) is 0 Å². The number of carbonyl (C=O) groups excluding carboxylic acids is 4. The molecule has 4 aliphatic carbocycles. The van der Waals surface area contributed by atoms with Gasteiger partial charge in [0, 0.05) is 35.5 Å². The van der Waals surface area contributed by atoms with Crippen molar-refractivity contribution in [2.75, 3.05) is 6.61 Å². The van der Waals surface area contributed by atoms with Crippen molar-refractivity contribution in [3.05, 3.63) is 23.8 Å². The Morgan fingerprint density at radius 3 is 2.35 bits per heavy atom. The maximum Gasteiger partial charge on any atom is 0.306 e. The van der Waals surface area contributed by atoms with Crippen LogP contribution < -0.4 is 0 Å². The minimum Gasteiger partial charge on any atom is -0.459 e. The number of Topliss-reactive ketones (excluding diaryl/α,β-unsaturated/α-hetero) is 1. The number of esters is 2. The van der Waals surface area contributed by atoms with E-state index in [9.17, 15) is 24.3 Å². The van der Waals surface area contributed by atoms with Crippen LogP contribution in [0.4, 0.5) is 4.39 Å². The first-order chi connectivity index (χ1) is 18.8. The number of allylic oxidation sites excluding steroid dienone is 4. The van der Waals surface area contributed by atoms with Crippen LogP contribution in [0.1, 0.15) is 98.8 Å². The lowest BCUT2D eigenvalue weighted by atomic mass is 9.44. The molecule has 3 saturated carbocycles.